The second kappa shape index (κ2) is 4.15. The fourth-order valence-electron chi connectivity index (χ4n) is 1.33. The van der Waals surface area contributed by atoms with Crippen LogP contribution in [0.15, 0.2) is 29.2 Å². The number of hydrogen-bond donors (Lipinski definition) is 2. The molecule has 0 saturated carbocycles. The van der Waals surface area contributed by atoms with Crippen LogP contribution in [-0.4, -0.2) is 10.2 Å². The number of benzene rings is 1. The van der Waals surface area contributed by atoms with Crippen LogP contribution in [0.4, 0.5) is 5.69 Å². The van der Waals surface area contributed by atoms with Gasteiger partial charge in [-0.05, 0) is 18.2 Å². The van der Waals surface area contributed by atoms with Crippen LogP contribution in [0.5, 0.6) is 0 Å². The number of nitrogens with two attached hydrogens (primary N) is 1. The largest absolute Gasteiger partial charge is 0.398 e. The van der Waals surface area contributed by atoms with Crippen LogP contribution in [0, 0.1) is 0 Å². The maximum atomic E-state index is 11.3. The van der Waals surface area contributed by atoms with Crippen molar-refractivity contribution in [2.45, 2.75) is 0 Å². The Labute approximate surface area is 101 Å². The van der Waals surface area contributed by atoms with Crippen LogP contribution in [0.25, 0.3) is 11.1 Å². The lowest BCUT2D eigenvalue weighted by atomic mass is 10.1. The smallest absolute Gasteiger partial charge is 0.283 e. The van der Waals surface area contributed by atoms with E-state index in [1.807, 2.05) is 0 Å². The van der Waals surface area contributed by atoms with Crippen LogP contribution >= 0.6 is 23.2 Å². The van der Waals surface area contributed by atoms with Gasteiger partial charge < -0.3 is 5.73 Å². The van der Waals surface area contributed by atoms with Gasteiger partial charge in [0.1, 0.15) is 5.02 Å². The molecule has 6 heteroatoms. The number of aromatic nitrogens is 2. The molecule has 0 bridgehead atoms. The number of nitrogen functional groups attached to an aromatic ring is 1. The van der Waals surface area contributed by atoms with Crippen molar-refractivity contribution in [3.63, 3.8) is 0 Å². The number of aromatic amines is 1. The van der Waals surface area contributed by atoms with E-state index in [4.69, 9.17) is 28.9 Å². The minimum absolute atomic E-state index is 0.0453. The quantitative estimate of drug-likeness (QED) is 0.769. The average molecular weight is 256 g/mol. The zero-order valence-corrected chi connectivity index (χ0v) is 9.51. The summed E-state index contributed by atoms with van der Waals surface area (Å²) in [5.41, 5.74) is 6.87. The van der Waals surface area contributed by atoms with E-state index in [1.54, 1.807) is 18.2 Å². The standard InChI is InChI=1S/C10H7Cl2N3O/c11-5-1-2-8(13)6(3-5)7-4-14-15-10(16)9(7)12/h1-4H,13H2,(H,15,16). The molecule has 1 aromatic carbocycles. The first-order chi connectivity index (χ1) is 7.59. The van der Waals surface area contributed by atoms with Crippen molar-refractivity contribution in [3.05, 3.63) is 44.8 Å². The molecular formula is C10H7Cl2N3O. The minimum Gasteiger partial charge on any atom is -0.398 e. The summed E-state index contributed by atoms with van der Waals surface area (Å²) in [6.07, 6.45) is 1.44. The fraction of sp³-hybridized carbons (Fsp3) is 0. The van der Waals surface area contributed by atoms with E-state index in [0.717, 1.165) is 0 Å². The van der Waals surface area contributed by atoms with Gasteiger partial charge in [-0.3, -0.25) is 4.79 Å². The summed E-state index contributed by atoms with van der Waals surface area (Å²) >= 11 is 11.7. The van der Waals surface area contributed by atoms with Crippen molar-refractivity contribution in [2.75, 3.05) is 5.73 Å². The van der Waals surface area contributed by atoms with Crippen molar-refractivity contribution < 1.29 is 0 Å². The summed E-state index contributed by atoms with van der Waals surface area (Å²) in [6.45, 7) is 0. The lowest BCUT2D eigenvalue weighted by molar-refractivity contribution is 0.991. The predicted octanol–water partition coefficient (Wildman–Crippen LogP) is 2.33. The predicted molar refractivity (Wildman–Crippen MR) is 64.7 cm³/mol. The lowest BCUT2D eigenvalue weighted by Crippen LogP contribution is -2.09. The summed E-state index contributed by atoms with van der Waals surface area (Å²) in [5, 5.41) is 6.46. The second-order valence-electron chi connectivity index (χ2n) is 3.16. The molecule has 1 aromatic heterocycles. The monoisotopic (exact) mass is 255 g/mol. The van der Waals surface area contributed by atoms with Gasteiger partial charge >= 0.3 is 0 Å². The van der Waals surface area contributed by atoms with Crippen molar-refractivity contribution in [1.29, 1.82) is 0 Å². The number of hydrogen-bond acceptors (Lipinski definition) is 3. The van der Waals surface area contributed by atoms with Crippen LogP contribution < -0.4 is 11.3 Å². The molecule has 0 aliphatic carbocycles. The molecule has 0 saturated heterocycles. The van der Waals surface area contributed by atoms with Crippen LogP contribution in [-0.2, 0) is 0 Å². The molecule has 1 heterocycles. The van der Waals surface area contributed by atoms with Gasteiger partial charge in [-0.2, -0.15) is 5.10 Å². The van der Waals surface area contributed by atoms with Crippen molar-refractivity contribution in [1.82, 2.24) is 10.2 Å². The highest BCUT2D eigenvalue weighted by molar-refractivity contribution is 6.33. The molecule has 0 atom stereocenters. The molecule has 4 nitrogen and oxygen atoms in total. The number of halogens is 2. The van der Waals surface area contributed by atoms with E-state index in [1.165, 1.54) is 6.20 Å². The summed E-state index contributed by atoms with van der Waals surface area (Å²) in [6, 6.07) is 4.95. The number of anilines is 1. The average Bonchev–Trinajstić information content (AvgIpc) is 2.26. The first-order valence-electron chi connectivity index (χ1n) is 4.38. The third-order valence-electron chi connectivity index (χ3n) is 2.10. The Balaban J connectivity index is 2.72. The van der Waals surface area contributed by atoms with Gasteiger partial charge in [-0.1, -0.05) is 23.2 Å². The van der Waals surface area contributed by atoms with E-state index in [9.17, 15) is 4.79 Å². The highest BCUT2D eigenvalue weighted by atomic mass is 35.5. The topological polar surface area (TPSA) is 71.8 Å². The van der Waals surface area contributed by atoms with Gasteiger partial charge in [-0.15, -0.1) is 0 Å². The Bertz CT molecular complexity index is 595. The van der Waals surface area contributed by atoms with E-state index < -0.39 is 5.56 Å². The number of H-pyrrole nitrogens is 1. The SMILES string of the molecule is Nc1ccc(Cl)cc1-c1cn[nH]c(=O)c1Cl. The molecule has 0 fully saturated rings. The Kier molecular flexibility index (Phi) is 2.85. The van der Waals surface area contributed by atoms with E-state index in [-0.39, 0.29) is 5.02 Å². The van der Waals surface area contributed by atoms with Crippen LogP contribution in [0.2, 0.25) is 10.0 Å². The fourth-order valence-corrected chi connectivity index (χ4v) is 1.70. The third kappa shape index (κ3) is 1.89. The summed E-state index contributed by atoms with van der Waals surface area (Å²) in [4.78, 5) is 11.3. The zero-order valence-electron chi connectivity index (χ0n) is 8.00. The van der Waals surface area contributed by atoms with Crippen molar-refractivity contribution >= 4 is 28.9 Å². The van der Waals surface area contributed by atoms with E-state index >= 15 is 0 Å². The molecule has 0 unspecified atom stereocenters. The molecule has 2 aromatic rings. The molecule has 0 aliphatic rings. The molecule has 0 aliphatic heterocycles. The highest BCUT2D eigenvalue weighted by Crippen LogP contribution is 2.31. The molecular weight excluding hydrogens is 249 g/mol. The molecule has 0 amide bonds. The minimum atomic E-state index is -0.460. The molecule has 0 spiro atoms. The maximum Gasteiger partial charge on any atom is 0.283 e. The zero-order chi connectivity index (χ0) is 11.7. The number of nitrogens with one attached hydrogen (secondary N) is 1. The molecule has 82 valence electrons. The molecule has 0 radical (unpaired) electrons. The number of nitrogens with zero attached hydrogens (tertiary/aromatic N) is 1. The van der Waals surface area contributed by atoms with Crippen LogP contribution in [0.3, 0.4) is 0 Å². The normalized spacial score (nSPS) is 10.4. The summed E-state index contributed by atoms with van der Waals surface area (Å²) < 4.78 is 0. The Morgan fingerprint density at radius 2 is 2.00 bits per heavy atom. The Hall–Kier alpha value is -1.52. The number of rotatable bonds is 1. The first-order valence-corrected chi connectivity index (χ1v) is 5.14. The van der Waals surface area contributed by atoms with Gasteiger partial charge in [0, 0.05) is 21.8 Å². The van der Waals surface area contributed by atoms with Gasteiger partial charge in [0.05, 0.1) is 6.20 Å². The first kappa shape index (κ1) is 11.0. The highest BCUT2D eigenvalue weighted by Gasteiger charge is 2.10. The van der Waals surface area contributed by atoms with E-state index in [2.05, 4.69) is 10.2 Å². The second-order valence-corrected chi connectivity index (χ2v) is 3.97. The maximum absolute atomic E-state index is 11.3. The molecule has 2 rings (SSSR count). The van der Waals surface area contributed by atoms with Gasteiger partial charge in [-0.25, -0.2) is 5.10 Å². The third-order valence-corrected chi connectivity index (χ3v) is 2.71. The van der Waals surface area contributed by atoms with Gasteiger partial charge in [0.2, 0.25) is 0 Å². The van der Waals surface area contributed by atoms with Crippen molar-refractivity contribution in [3.8, 4) is 11.1 Å². The molecule has 16 heavy (non-hydrogen) atoms. The van der Waals surface area contributed by atoms with Crippen LogP contribution in [0.1, 0.15) is 0 Å². The lowest BCUT2D eigenvalue weighted by Gasteiger charge is -2.06. The Morgan fingerprint density at radius 3 is 2.75 bits per heavy atom. The summed E-state index contributed by atoms with van der Waals surface area (Å²) in [7, 11) is 0. The van der Waals surface area contributed by atoms with Crippen molar-refractivity contribution in [2.24, 2.45) is 0 Å². The van der Waals surface area contributed by atoms with Gasteiger partial charge in [0.25, 0.3) is 5.56 Å². The van der Waals surface area contributed by atoms with E-state index in [0.29, 0.717) is 21.8 Å². The Morgan fingerprint density at radius 1 is 1.25 bits per heavy atom. The van der Waals surface area contributed by atoms with Gasteiger partial charge in [0.15, 0.2) is 0 Å². The molecule has 3 N–H and O–H groups in total. The summed E-state index contributed by atoms with van der Waals surface area (Å²) in [5.74, 6) is 0.